The number of nitrogens with one attached hydrogen (secondary N) is 1. The van der Waals surface area contributed by atoms with Crippen molar-refractivity contribution >= 4 is 23.4 Å². The maximum atomic E-state index is 6.15. The van der Waals surface area contributed by atoms with E-state index in [1.165, 1.54) is 36.1 Å². The van der Waals surface area contributed by atoms with Gasteiger partial charge < -0.3 is 5.32 Å². The van der Waals surface area contributed by atoms with Gasteiger partial charge in [0.2, 0.25) is 0 Å². The third kappa shape index (κ3) is 5.02. The highest BCUT2D eigenvalue weighted by atomic mass is 35.5. The maximum absolute atomic E-state index is 6.15. The van der Waals surface area contributed by atoms with Crippen molar-refractivity contribution < 1.29 is 0 Å². The van der Waals surface area contributed by atoms with Crippen LogP contribution in [0.25, 0.3) is 0 Å². The van der Waals surface area contributed by atoms with E-state index in [2.05, 4.69) is 31.3 Å². The Morgan fingerprint density at radius 3 is 2.74 bits per heavy atom. The Morgan fingerprint density at radius 1 is 1.32 bits per heavy atom. The lowest BCUT2D eigenvalue weighted by Crippen LogP contribution is -2.19. The maximum Gasteiger partial charge on any atom is 0.0417 e. The second-order valence-corrected chi connectivity index (χ2v) is 7.58. The van der Waals surface area contributed by atoms with Crippen LogP contribution < -0.4 is 5.32 Å². The molecule has 0 spiro atoms. The lowest BCUT2D eigenvalue weighted by Gasteiger charge is -2.15. The van der Waals surface area contributed by atoms with Crippen LogP contribution in [0.4, 0.5) is 0 Å². The highest BCUT2D eigenvalue weighted by Gasteiger charge is 2.17. The molecule has 0 saturated heterocycles. The van der Waals surface area contributed by atoms with E-state index < -0.39 is 0 Å². The second-order valence-electron chi connectivity index (χ2n) is 5.80. The highest BCUT2D eigenvalue weighted by molar-refractivity contribution is 8.00. The molecule has 0 heterocycles. The molecule has 1 N–H and O–H groups in total. The molecule has 3 heteroatoms. The molecular formula is C16H24ClNS. The minimum Gasteiger partial charge on any atom is -0.312 e. The first-order valence-corrected chi connectivity index (χ1v) is 8.56. The largest absolute Gasteiger partial charge is 0.312 e. The van der Waals surface area contributed by atoms with Gasteiger partial charge in [0.1, 0.15) is 0 Å². The minimum atomic E-state index is 0.693. The third-order valence-electron chi connectivity index (χ3n) is 3.49. The van der Waals surface area contributed by atoms with Gasteiger partial charge in [-0.3, -0.25) is 0 Å². The van der Waals surface area contributed by atoms with Crippen LogP contribution in [0.1, 0.15) is 45.1 Å². The summed E-state index contributed by atoms with van der Waals surface area (Å²) >= 11 is 8.18. The molecule has 0 aliphatic heterocycles. The fraction of sp³-hybridized carbons (Fsp3) is 0.625. The van der Waals surface area contributed by atoms with Crippen LogP contribution in [0, 0.1) is 5.92 Å². The first kappa shape index (κ1) is 15.2. The van der Waals surface area contributed by atoms with Gasteiger partial charge in [0, 0.05) is 21.7 Å². The molecule has 0 unspecified atom stereocenters. The van der Waals surface area contributed by atoms with E-state index in [9.17, 15) is 0 Å². The first-order valence-electron chi connectivity index (χ1n) is 7.31. The zero-order chi connectivity index (χ0) is 13.7. The Balaban J connectivity index is 1.99. The number of thioether (sulfide) groups is 1. The Morgan fingerprint density at radius 2 is 2.05 bits per heavy atom. The van der Waals surface area contributed by atoms with E-state index in [0.717, 1.165) is 23.4 Å². The quantitative estimate of drug-likeness (QED) is 0.782. The fourth-order valence-electron chi connectivity index (χ4n) is 2.47. The summed E-state index contributed by atoms with van der Waals surface area (Å²) < 4.78 is 0. The topological polar surface area (TPSA) is 12.0 Å². The molecule has 2 rings (SSSR count). The fourth-order valence-corrected chi connectivity index (χ4v) is 4.12. The molecular weight excluding hydrogens is 274 g/mol. The molecule has 1 aromatic rings. The summed E-state index contributed by atoms with van der Waals surface area (Å²) in [5, 5.41) is 5.18. The minimum absolute atomic E-state index is 0.693. The Kier molecular flexibility index (Phi) is 6.06. The van der Waals surface area contributed by atoms with Crippen molar-refractivity contribution in [3.05, 3.63) is 28.8 Å². The van der Waals surface area contributed by atoms with Crippen molar-refractivity contribution in [1.82, 2.24) is 5.32 Å². The van der Waals surface area contributed by atoms with Crippen LogP contribution in [0.15, 0.2) is 23.1 Å². The molecule has 1 aromatic carbocycles. The second kappa shape index (κ2) is 7.56. The molecule has 19 heavy (non-hydrogen) atoms. The molecule has 1 nitrogen and oxygen atoms in total. The van der Waals surface area contributed by atoms with Crippen LogP contribution in [-0.4, -0.2) is 11.8 Å². The Labute approximate surface area is 126 Å². The monoisotopic (exact) mass is 297 g/mol. The van der Waals surface area contributed by atoms with Crippen LogP contribution in [0.2, 0.25) is 5.02 Å². The summed E-state index contributed by atoms with van der Waals surface area (Å²) in [5.74, 6) is 0.693. The number of halogens is 1. The molecule has 0 atom stereocenters. The summed E-state index contributed by atoms with van der Waals surface area (Å²) in [6, 6.07) is 6.32. The number of rotatable bonds is 6. The van der Waals surface area contributed by atoms with E-state index in [1.54, 1.807) is 0 Å². The predicted octanol–water partition coefficient (Wildman–Crippen LogP) is 5.12. The standard InChI is InChI=1S/C16H24ClNS/c1-12(2)10-18-11-13-7-8-14(17)9-16(13)19-15-5-3-4-6-15/h7-9,12,15,18H,3-6,10-11H2,1-2H3. The molecule has 1 aliphatic carbocycles. The van der Waals surface area contributed by atoms with Gasteiger partial charge in [-0.15, -0.1) is 11.8 Å². The van der Waals surface area contributed by atoms with Gasteiger partial charge in [-0.25, -0.2) is 0 Å². The zero-order valence-corrected chi connectivity index (χ0v) is 13.5. The summed E-state index contributed by atoms with van der Waals surface area (Å²) in [5.41, 5.74) is 1.39. The third-order valence-corrected chi connectivity index (χ3v) is 5.17. The molecule has 0 amide bonds. The van der Waals surface area contributed by atoms with Crippen LogP contribution in [0.5, 0.6) is 0 Å². The molecule has 1 fully saturated rings. The molecule has 106 valence electrons. The lowest BCUT2D eigenvalue weighted by molar-refractivity contribution is 0.550. The van der Waals surface area contributed by atoms with E-state index in [1.807, 2.05) is 17.8 Å². The summed E-state index contributed by atoms with van der Waals surface area (Å²) in [6.45, 7) is 6.49. The van der Waals surface area contributed by atoms with Crippen molar-refractivity contribution in [3.8, 4) is 0 Å². The smallest absolute Gasteiger partial charge is 0.0417 e. The average Bonchev–Trinajstić information content (AvgIpc) is 2.84. The lowest BCUT2D eigenvalue weighted by atomic mass is 10.2. The Hall–Kier alpha value is -0.180. The molecule has 0 bridgehead atoms. The summed E-state index contributed by atoms with van der Waals surface area (Å²) in [4.78, 5) is 1.37. The van der Waals surface area contributed by atoms with Crippen molar-refractivity contribution in [2.24, 2.45) is 5.92 Å². The van der Waals surface area contributed by atoms with Gasteiger partial charge in [-0.2, -0.15) is 0 Å². The van der Waals surface area contributed by atoms with Gasteiger partial charge in [-0.05, 0) is 43.0 Å². The Bertz CT molecular complexity index is 400. The van der Waals surface area contributed by atoms with Crippen molar-refractivity contribution in [3.63, 3.8) is 0 Å². The summed E-state index contributed by atoms with van der Waals surface area (Å²) in [7, 11) is 0. The number of hydrogen-bond donors (Lipinski definition) is 1. The average molecular weight is 298 g/mol. The SMILES string of the molecule is CC(C)CNCc1ccc(Cl)cc1SC1CCCC1. The normalized spacial score (nSPS) is 16.4. The zero-order valence-electron chi connectivity index (χ0n) is 11.9. The van der Waals surface area contributed by atoms with Gasteiger partial charge in [0.15, 0.2) is 0 Å². The van der Waals surface area contributed by atoms with Gasteiger partial charge in [0.25, 0.3) is 0 Å². The van der Waals surface area contributed by atoms with Crippen molar-refractivity contribution in [2.45, 2.75) is 56.2 Å². The summed E-state index contributed by atoms with van der Waals surface area (Å²) in [6.07, 6.45) is 5.49. The predicted molar refractivity (Wildman–Crippen MR) is 86.1 cm³/mol. The highest BCUT2D eigenvalue weighted by Crippen LogP contribution is 2.37. The van der Waals surface area contributed by atoms with Crippen LogP contribution >= 0.6 is 23.4 Å². The molecule has 0 radical (unpaired) electrons. The first-order chi connectivity index (χ1) is 9.15. The van der Waals surface area contributed by atoms with E-state index in [4.69, 9.17) is 11.6 Å². The molecule has 1 saturated carbocycles. The van der Waals surface area contributed by atoms with Crippen LogP contribution in [-0.2, 0) is 6.54 Å². The van der Waals surface area contributed by atoms with E-state index in [0.29, 0.717) is 5.92 Å². The van der Waals surface area contributed by atoms with Crippen molar-refractivity contribution in [1.29, 1.82) is 0 Å². The number of hydrogen-bond acceptors (Lipinski definition) is 2. The van der Waals surface area contributed by atoms with Gasteiger partial charge >= 0.3 is 0 Å². The van der Waals surface area contributed by atoms with E-state index in [-0.39, 0.29) is 0 Å². The molecule has 0 aromatic heterocycles. The van der Waals surface area contributed by atoms with Gasteiger partial charge in [-0.1, -0.05) is 44.4 Å². The van der Waals surface area contributed by atoms with E-state index >= 15 is 0 Å². The van der Waals surface area contributed by atoms with Crippen molar-refractivity contribution in [2.75, 3.05) is 6.54 Å². The molecule has 1 aliphatic rings. The van der Waals surface area contributed by atoms with Gasteiger partial charge in [0.05, 0.1) is 0 Å². The number of benzene rings is 1. The van der Waals surface area contributed by atoms with Crippen LogP contribution in [0.3, 0.4) is 0 Å².